The summed E-state index contributed by atoms with van der Waals surface area (Å²) < 4.78 is 0.862. The van der Waals surface area contributed by atoms with Gasteiger partial charge in [0.1, 0.15) is 0 Å². The second-order valence-corrected chi connectivity index (χ2v) is 5.20. The Kier molecular flexibility index (Phi) is 5.01. The Morgan fingerprint density at radius 1 is 1.15 bits per heavy atom. The Bertz CT molecular complexity index is 615. The molecule has 0 saturated carbocycles. The van der Waals surface area contributed by atoms with Gasteiger partial charge in [0.2, 0.25) is 5.95 Å². The van der Waals surface area contributed by atoms with Gasteiger partial charge in [-0.2, -0.15) is 5.10 Å². The Morgan fingerprint density at radius 3 is 2.45 bits per heavy atom. The standard InChI is InChI=1S/C15H15BrN4/c1-11-8-12(2)19-15(18-11)20-17-10-14(16)9-13-6-4-3-5-7-13/h3-10H,1-2H3,(H,18,19,20)/b14-9-,17-10-. The quantitative estimate of drug-likeness (QED) is 0.682. The number of aryl methyl sites for hydroxylation is 2. The zero-order chi connectivity index (χ0) is 14.4. The fourth-order valence-electron chi connectivity index (χ4n) is 1.67. The summed E-state index contributed by atoms with van der Waals surface area (Å²) in [6.45, 7) is 3.85. The van der Waals surface area contributed by atoms with Gasteiger partial charge in [0.25, 0.3) is 0 Å². The maximum atomic E-state index is 4.24. The molecule has 20 heavy (non-hydrogen) atoms. The molecule has 1 aromatic heterocycles. The summed E-state index contributed by atoms with van der Waals surface area (Å²) >= 11 is 3.45. The van der Waals surface area contributed by atoms with E-state index in [9.17, 15) is 0 Å². The zero-order valence-electron chi connectivity index (χ0n) is 11.3. The lowest BCUT2D eigenvalue weighted by molar-refractivity contribution is 1.04. The normalized spacial score (nSPS) is 11.8. The van der Waals surface area contributed by atoms with Gasteiger partial charge in [-0.15, -0.1) is 0 Å². The second-order valence-electron chi connectivity index (χ2n) is 4.28. The number of nitrogens with zero attached hydrogens (tertiary/aromatic N) is 3. The number of hydrazone groups is 1. The zero-order valence-corrected chi connectivity index (χ0v) is 12.9. The van der Waals surface area contributed by atoms with Gasteiger partial charge in [0, 0.05) is 15.9 Å². The molecule has 0 aliphatic heterocycles. The van der Waals surface area contributed by atoms with Crippen LogP contribution in [0.15, 0.2) is 46.0 Å². The van der Waals surface area contributed by atoms with E-state index < -0.39 is 0 Å². The van der Waals surface area contributed by atoms with Crippen molar-refractivity contribution in [3.05, 3.63) is 57.8 Å². The van der Waals surface area contributed by atoms with Crippen molar-refractivity contribution in [1.82, 2.24) is 9.97 Å². The smallest absolute Gasteiger partial charge is 0.243 e. The number of hydrogen-bond acceptors (Lipinski definition) is 4. The highest BCUT2D eigenvalue weighted by molar-refractivity contribution is 9.12. The summed E-state index contributed by atoms with van der Waals surface area (Å²) in [4.78, 5) is 8.49. The summed E-state index contributed by atoms with van der Waals surface area (Å²) in [6, 6.07) is 11.9. The van der Waals surface area contributed by atoms with E-state index in [0.717, 1.165) is 21.4 Å². The van der Waals surface area contributed by atoms with Crippen molar-refractivity contribution in [2.45, 2.75) is 13.8 Å². The molecule has 0 saturated heterocycles. The molecule has 0 unspecified atom stereocenters. The van der Waals surface area contributed by atoms with Gasteiger partial charge in [-0.1, -0.05) is 30.3 Å². The predicted molar refractivity (Wildman–Crippen MR) is 87.0 cm³/mol. The first-order chi connectivity index (χ1) is 9.63. The molecule has 4 nitrogen and oxygen atoms in total. The van der Waals surface area contributed by atoms with Crippen molar-refractivity contribution in [3.63, 3.8) is 0 Å². The molecule has 1 N–H and O–H groups in total. The molecular formula is C15H15BrN4. The Balaban J connectivity index is 2.01. The van der Waals surface area contributed by atoms with Crippen molar-refractivity contribution < 1.29 is 0 Å². The number of rotatable bonds is 4. The van der Waals surface area contributed by atoms with E-state index in [1.54, 1.807) is 6.21 Å². The fourth-order valence-corrected chi connectivity index (χ4v) is 2.04. The lowest BCUT2D eigenvalue weighted by Crippen LogP contribution is -1.99. The van der Waals surface area contributed by atoms with Crippen LogP contribution < -0.4 is 5.43 Å². The molecule has 0 atom stereocenters. The van der Waals surface area contributed by atoms with Crippen molar-refractivity contribution >= 4 is 34.2 Å². The number of nitrogens with one attached hydrogen (secondary N) is 1. The molecule has 0 spiro atoms. The van der Waals surface area contributed by atoms with Crippen LogP contribution in [0.3, 0.4) is 0 Å². The van der Waals surface area contributed by atoms with Crippen LogP contribution in [0.5, 0.6) is 0 Å². The van der Waals surface area contributed by atoms with Crippen LogP contribution in [-0.2, 0) is 0 Å². The molecule has 0 aliphatic rings. The summed E-state index contributed by atoms with van der Waals surface area (Å²) in [5, 5.41) is 4.10. The summed E-state index contributed by atoms with van der Waals surface area (Å²) in [5.74, 6) is 0.499. The van der Waals surface area contributed by atoms with E-state index in [0.29, 0.717) is 5.95 Å². The third kappa shape index (κ3) is 4.59. The van der Waals surface area contributed by atoms with E-state index >= 15 is 0 Å². The highest BCUT2D eigenvalue weighted by Gasteiger charge is 1.96. The predicted octanol–water partition coefficient (Wildman–Crippen LogP) is 3.93. The number of aromatic nitrogens is 2. The van der Waals surface area contributed by atoms with Gasteiger partial charge in [0.05, 0.1) is 6.21 Å². The summed E-state index contributed by atoms with van der Waals surface area (Å²) in [5.41, 5.74) is 5.75. The second kappa shape index (κ2) is 6.96. The van der Waals surface area contributed by atoms with E-state index in [1.807, 2.05) is 56.3 Å². The first-order valence-electron chi connectivity index (χ1n) is 6.17. The van der Waals surface area contributed by atoms with Crippen LogP contribution in [0, 0.1) is 13.8 Å². The number of allylic oxidation sites excluding steroid dienone is 1. The lowest BCUT2D eigenvalue weighted by Gasteiger charge is -2.01. The Hall–Kier alpha value is -2.01. The Morgan fingerprint density at radius 2 is 1.80 bits per heavy atom. The molecule has 0 aliphatic carbocycles. The summed E-state index contributed by atoms with van der Waals surface area (Å²) in [7, 11) is 0. The van der Waals surface area contributed by atoms with Gasteiger partial charge in [0.15, 0.2) is 0 Å². The first kappa shape index (κ1) is 14.4. The van der Waals surface area contributed by atoms with Crippen LogP contribution >= 0.6 is 15.9 Å². The van der Waals surface area contributed by atoms with Crippen LogP contribution in [-0.4, -0.2) is 16.2 Å². The number of anilines is 1. The van der Waals surface area contributed by atoms with Crippen LogP contribution in [0.2, 0.25) is 0 Å². The van der Waals surface area contributed by atoms with Crippen molar-refractivity contribution in [1.29, 1.82) is 0 Å². The van der Waals surface area contributed by atoms with Gasteiger partial charge < -0.3 is 0 Å². The molecule has 5 heteroatoms. The first-order valence-corrected chi connectivity index (χ1v) is 6.96. The molecule has 0 amide bonds. The number of benzene rings is 1. The average molecular weight is 331 g/mol. The third-order valence-corrected chi connectivity index (χ3v) is 2.87. The largest absolute Gasteiger partial charge is 0.245 e. The molecule has 0 radical (unpaired) electrons. The number of halogens is 1. The highest BCUT2D eigenvalue weighted by atomic mass is 79.9. The van der Waals surface area contributed by atoms with Gasteiger partial charge in [-0.05, 0) is 47.5 Å². The van der Waals surface area contributed by atoms with Gasteiger partial charge >= 0.3 is 0 Å². The van der Waals surface area contributed by atoms with E-state index in [2.05, 4.69) is 36.4 Å². The van der Waals surface area contributed by atoms with Crippen molar-refractivity contribution in [2.75, 3.05) is 5.43 Å². The van der Waals surface area contributed by atoms with Gasteiger partial charge in [-0.25, -0.2) is 15.4 Å². The Labute approximate surface area is 126 Å². The molecular weight excluding hydrogens is 316 g/mol. The minimum absolute atomic E-state index is 0.499. The van der Waals surface area contributed by atoms with Crippen LogP contribution in [0.25, 0.3) is 6.08 Å². The molecule has 2 rings (SSSR count). The molecule has 102 valence electrons. The maximum Gasteiger partial charge on any atom is 0.243 e. The summed E-state index contributed by atoms with van der Waals surface area (Å²) in [6.07, 6.45) is 3.65. The number of hydrogen-bond donors (Lipinski definition) is 1. The third-order valence-electron chi connectivity index (χ3n) is 2.44. The molecule has 0 bridgehead atoms. The van der Waals surface area contributed by atoms with Gasteiger partial charge in [-0.3, -0.25) is 0 Å². The van der Waals surface area contributed by atoms with Crippen LogP contribution in [0.4, 0.5) is 5.95 Å². The topological polar surface area (TPSA) is 50.2 Å². The minimum atomic E-state index is 0.499. The average Bonchev–Trinajstić information content (AvgIpc) is 2.38. The molecule has 0 fully saturated rings. The highest BCUT2D eigenvalue weighted by Crippen LogP contribution is 2.10. The molecule has 2 aromatic rings. The molecule has 1 heterocycles. The fraction of sp³-hybridized carbons (Fsp3) is 0.133. The van der Waals surface area contributed by atoms with Crippen LogP contribution in [0.1, 0.15) is 17.0 Å². The lowest BCUT2D eigenvalue weighted by atomic mass is 10.2. The van der Waals surface area contributed by atoms with E-state index in [-0.39, 0.29) is 0 Å². The van der Waals surface area contributed by atoms with Crippen molar-refractivity contribution in [2.24, 2.45) is 5.10 Å². The van der Waals surface area contributed by atoms with Crippen molar-refractivity contribution in [3.8, 4) is 0 Å². The molecule has 1 aromatic carbocycles. The van der Waals surface area contributed by atoms with E-state index in [4.69, 9.17) is 0 Å². The monoisotopic (exact) mass is 330 g/mol. The maximum absolute atomic E-state index is 4.24. The SMILES string of the molecule is Cc1cc(C)nc(N/N=C\C(Br)=C\c2ccccc2)n1. The minimum Gasteiger partial charge on any atom is -0.245 e. The van der Waals surface area contributed by atoms with E-state index in [1.165, 1.54) is 0 Å².